The van der Waals surface area contributed by atoms with Crippen LogP contribution >= 0.6 is 11.3 Å². The molecule has 0 spiro atoms. The third-order valence-electron chi connectivity index (χ3n) is 2.99. The van der Waals surface area contributed by atoms with Crippen LogP contribution in [0.1, 0.15) is 23.2 Å². The number of ether oxygens (including phenoxy) is 1. The zero-order chi connectivity index (χ0) is 16.9. The number of thiophene rings is 1. The molecule has 1 amide bonds. The first-order chi connectivity index (χ1) is 11.6. The van der Waals surface area contributed by atoms with Crippen molar-refractivity contribution in [2.24, 2.45) is 0 Å². The Hall–Kier alpha value is -3.00. The molecule has 2 aromatic heterocycles. The van der Waals surface area contributed by atoms with E-state index in [1.54, 1.807) is 18.2 Å². The summed E-state index contributed by atoms with van der Waals surface area (Å²) in [4.78, 5) is 27.3. The second-order valence-electron chi connectivity index (χ2n) is 4.86. The van der Waals surface area contributed by atoms with Crippen molar-refractivity contribution < 1.29 is 18.8 Å². The quantitative estimate of drug-likeness (QED) is 0.715. The van der Waals surface area contributed by atoms with E-state index < -0.39 is 5.97 Å². The van der Waals surface area contributed by atoms with Gasteiger partial charge in [0.25, 0.3) is 5.89 Å². The van der Waals surface area contributed by atoms with Gasteiger partial charge in [0.2, 0.25) is 11.7 Å². The summed E-state index contributed by atoms with van der Waals surface area (Å²) in [5.74, 6) is -0.0951. The van der Waals surface area contributed by atoms with Crippen molar-refractivity contribution in [2.45, 2.75) is 13.5 Å². The van der Waals surface area contributed by atoms with E-state index >= 15 is 0 Å². The highest BCUT2D eigenvalue weighted by Gasteiger charge is 2.13. The molecule has 0 saturated carbocycles. The number of nitrogens with zero attached hydrogens (tertiary/aromatic N) is 2. The van der Waals surface area contributed by atoms with Crippen LogP contribution in [0.3, 0.4) is 0 Å². The van der Waals surface area contributed by atoms with Gasteiger partial charge in [0.05, 0.1) is 5.56 Å². The molecule has 2 heterocycles. The maximum atomic E-state index is 12.1. The number of anilines is 1. The van der Waals surface area contributed by atoms with Crippen LogP contribution in [0.5, 0.6) is 0 Å². The van der Waals surface area contributed by atoms with Crippen molar-refractivity contribution in [1.29, 1.82) is 0 Å². The fraction of sp³-hybridized carbons (Fsp3) is 0.125. The molecule has 1 N–H and O–H groups in total. The van der Waals surface area contributed by atoms with Crippen molar-refractivity contribution in [3.8, 4) is 11.4 Å². The van der Waals surface area contributed by atoms with Gasteiger partial charge in [-0.3, -0.25) is 4.79 Å². The van der Waals surface area contributed by atoms with Gasteiger partial charge in [0.15, 0.2) is 6.61 Å². The molecule has 0 aliphatic carbocycles. The topological polar surface area (TPSA) is 94.3 Å². The summed E-state index contributed by atoms with van der Waals surface area (Å²) in [5.41, 5.74) is 1.69. The Balaban J connectivity index is 1.62. The number of carbonyl (C=O) groups excluding carboxylic acids is 2. The lowest BCUT2D eigenvalue weighted by Crippen LogP contribution is -2.09. The maximum Gasteiger partial charge on any atom is 0.338 e. The summed E-state index contributed by atoms with van der Waals surface area (Å²) < 4.78 is 10.2. The van der Waals surface area contributed by atoms with E-state index in [2.05, 4.69) is 15.5 Å². The van der Waals surface area contributed by atoms with E-state index in [-0.39, 0.29) is 18.4 Å². The van der Waals surface area contributed by atoms with Gasteiger partial charge in [-0.1, -0.05) is 11.2 Å². The Kier molecular flexibility index (Phi) is 4.66. The molecule has 3 rings (SSSR count). The molecule has 0 radical (unpaired) electrons. The van der Waals surface area contributed by atoms with Crippen LogP contribution in [0.15, 0.2) is 45.6 Å². The highest BCUT2D eigenvalue weighted by atomic mass is 32.1. The zero-order valence-corrected chi connectivity index (χ0v) is 13.5. The number of benzene rings is 1. The minimum Gasteiger partial charge on any atom is -0.452 e. The highest BCUT2D eigenvalue weighted by molar-refractivity contribution is 7.08. The largest absolute Gasteiger partial charge is 0.452 e. The number of esters is 1. The molecular formula is C16H13N3O4S. The van der Waals surface area contributed by atoms with Crippen molar-refractivity contribution in [3.05, 3.63) is 52.5 Å². The molecule has 8 heteroatoms. The summed E-state index contributed by atoms with van der Waals surface area (Å²) in [6.45, 7) is 1.27. The van der Waals surface area contributed by atoms with Gasteiger partial charge in [-0.15, -0.1) is 0 Å². The van der Waals surface area contributed by atoms with Crippen LogP contribution in [0.25, 0.3) is 11.4 Å². The molecule has 24 heavy (non-hydrogen) atoms. The van der Waals surface area contributed by atoms with Crippen LogP contribution in [0.4, 0.5) is 5.69 Å². The van der Waals surface area contributed by atoms with Crippen LogP contribution in [0.2, 0.25) is 0 Å². The van der Waals surface area contributed by atoms with E-state index in [4.69, 9.17) is 9.26 Å². The van der Waals surface area contributed by atoms with Gasteiger partial charge < -0.3 is 14.6 Å². The molecule has 3 aromatic rings. The van der Waals surface area contributed by atoms with Gasteiger partial charge in [-0.05, 0) is 29.6 Å². The van der Waals surface area contributed by atoms with Crippen molar-refractivity contribution in [2.75, 3.05) is 5.32 Å². The standard InChI is InChI=1S/C16H13N3O4S/c1-10(20)17-13-4-2-3-11(7-13)16(21)22-8-14-18-15(19-23-14)12-5-6-24-9-12/h2-7,9H,8H2,1H3,(H,17,20). The lowest BCUT2D eigenvalue weighted by atomic mass is 10.2. The maximum absolute atomic E-state index is 12.1. The number of rotatable bonds is 5. The third kappa shape index (κ3) is 3.85. The van der Waals surface area contributed by atoms with Crippen molar-refractivity contribution in [3.63, 3.8) is 0 Å². The molecular weight excluding hydrogens is 330 g/mol. The van der Waals surface area contributed by atoms with E-state index in [0.29, 0.717) is 17.1 Å². The molecule has 0 fully saturated rings. The molecule has 0 aliphatic heterocycles. The molecule has 7 nitrogen and oxygen atoms in total. The fourth-order valence-corrected chi connectivity index (χ4v) is 2.59. The Morgan fingerprint density at radius 3 is 2.96 bits per heavy atom. The minimum absolute atomic E-state index is 0.125. The van der Waals surface area contributed by atoms with Crippen LogP contribution < -0.4 is 5.32 Å². The van der Waals surface area contributed by atoms with E-state index in [9.17, 15) is 9.59 Å². The predicted octanol–water partition coefficient (Wildman–Crippen LogP) is 3.11. The van der Waals surface area contributed by atoms with Gasteiger partial charge in [-0.2, -0.15) is 16.3 Å². The second-order valence-corrected chi connectivity index (χ2v) is 5.64. The number of carbonyl (C=O) groups is 2. The Bertz CT molecular complexity index is 858. The Labute approximate surface area is 141 Å². The van der Waals surface area contributed by atoms with Gasteiger partial charge in [0, 0.05) is 23.6 Å². The normalized spacial score (nSPS) is 10.4. The van der Waals surface area contributed by atoms with Crippen LogP contribution in [-0.2, 0) is 16.1 Å². The van der Waals surface area contributed by atoms with E-state index in [1.807, 2.05) is 16.8 Å². The first-order valence-electron chi connectivity index (χ1n) is 7.02. The SMILES string of the molecule is CC(=O)Nc1cccc(C(=O)OCc2nc(-c3ccsc3)no2)c1. The fourth-order valence-electron chi connectivity index (χ4n) is 1.96. The summed E-state index contributed by atoms with van der Waals surface area (Å²) in [7, 11) is 0. The number of amides is 1. The summed E-state index contributed by atoms with van der Waals surface area (Å²) in [6.07, 6.45) is 0. The first-order valence-corrected chi connectivity index (χ1v) is 7.96. The summed E-state index contributed by atoms with van der Waals surface area (Å²) in [5, 5.41) is 10.3. The Morgan fingerprint density at radius 2 is 2.21 bits per heavy atom. The Morgan fingerprint density at radius 1 is 1.33 bits per heavy atom. The lowest BCUT2D eigenvalue weighted by molar-refractivity contribution is -0.114. The van der Waals surface area contributed by atoms with Gasteiger partial charge >= 0.3 is 5.97 Å². The van der Waals surface area contributed by atoms with E-state index in [1.165, 1.54) is 24.3 Å². The lowest BCUT2D eigenvalue weighted by Gasteiger charge is -2.05. The molecule has 0 unspecified atom stereocenters. The molecule has 0 bridgehead atoms. The van der Waals surface area contributed by atoms with Gasteiger partial charge in [0.1, 0.15) is 0 Å². The van der Waals surface area contributed by atoms with Crippen molar-refractivity contribution >= 4 is 28.9 Å². The molecule has 1 aromatic carbocycles. The van der Waals surface area contributed by atoms with Crippen molar-refractivity contribution in [1.82, 2.24) is 10.1 Å². The first kappa shape index (κ1) is 15.9. The van der Waals surface area contributed by atoms with Crippen LogP contribution in [-0.4, -0.2) is 22.0 Å². The highest BCUT2D eigenvalue weighted by Crippen LogP contribution is 2.19. The van der Waals surface area contributed by atoms with E-state index in [0.717, 1.165) is 5.56 Å². The molecule has 0 atom stereocenters. The average molecular weight is 343 g/mol. The number of hydrogen-bond donors (Lipinski definition) is 1. The third-order valence-corrected chi connectivity index (χ3v) is 3.68. The van der Waals surface area contributed by atoms with Crippen LogP contribution in [0, 0.1) is 0 Å². The number of aromatic nitrogens is 2. The number of nitrogens with one attached hydrogen (secondary N) is 1. The number of hydrogen-bond acceptors (Lipinski definition) is 7. The molecule has 122 valence electrons. The average Bonchev–Trinajstić information content (AvgIpc) is 3.23. The smallest absolute Gasteiger partial charge is 0.338 e. The van der Waals surface area contributed by atoms with Gasteiger partial charge in [-0.25, -0.2) is 4.79 Å². The molecule has 0 saturated heterocycles. The second kappa shape index (κ2) is 7.05. The molecule has 0 aliphatic rings. The summed E-state index contributed by atoms with van der Waals surface area (Å²) >= 11 is 1.53. The predicted molar refractivity (Wildman–Crippen MR) is 87.5 cm³/mol. The zero-order valence-electron chi connectivity index (χ0n) is 12.7. The summed E-state index contributed by atoms with van der Waals surface area (Å²) in [6, 6.07) is 8.35. The monoisotopic (exact) mass is 343 g/mol. The minimum atomic E-state index is -0.544.